The fourth-order valence-corrected chi connectivity index (χ4v) is 3.88. The lowest BCUT2D eigenvalue weighted by Gasteiger charge is -2.35. The molecular formula is C22H23N3O2. The third-order valence-electron chi connectivity index (χ3n) is 5.38. The number of rotatable bonds is 3. The average Bonchev–Trinajstić information content (AvgIpc) is 2.66. The molecule has 0 fully saturated rings. The zero-order valence-corrected chi connectivity index (χ0v) is 15.6. The van der Waals surface area contributed by atoms with Gasteiger partial charge in [0.2, 0.25) is 5.91 Å². The van der Waals surface area contributed by atoms with Gasteiger partial charge in [0.15, 0.2) is 0 Å². The molecule has 0 aliphatic carbocycles. The van der Waals surface area contributed by atoms with Crippen molar-refractivity contribution in [2.24, 2.45) is 0 Å². The number of fused-ring (bicyclic) bond motifs is 2. The summed E-state index contributed by atoms with van der Waals surface area (Å²) in [6.07, 6.45) is 2.53. The Hall–Kier alpha value is -3.08. The molecule has 3 aromatic rings. The molecule has 2 aromatic carbocycles. The largest absolute Gasteiger partial charge is 0.376 e. The van der Waals surface area contributed by atoms with E-state index < -0.39 is 0 Å². The Bertz CT molecular complexity index is 1070. The molecule has 2 N–H and O–H groups in total. The summed E-state index contributed by atoms with van der Waals surface area (Å²) in [5.74, 6) is 0.0831. The van der Waals surface area contributed by atoms with Crippen LogP contribution in [0.5, 0.6) is 0 Å². The minimum Gasteiger partial charge on any atom is -0.376 e. The summed E-state index contributed by atoms with van der Waals surface area (Å²) >= 11 is 0. The minimum absolute atomic E-state index is 0.0822. The first-order valence-corrected chi connectivity index (χ1v) is 9.27. The third kappa shape index (κ3) is 3.33. The summed E-state index contributed by atoms with van der Waals surface area (Å²) in [7, 11) is 0. The zero-order valence-electron chi connectivity index (χ0n) is 15.6. The maximum Gasteiger partial charge on any atom is 0.255 e. The average molecular weight is 361 g/mol. The highest BCUT2D eigenvalue weighted by Gasteiger charge is 2.27. The van der Waals surface area contributed by atoms with Crippen LogP contribution < -0.4 is 10.9 Å². The van der Waals surface area contributed by atoms with E-state index in [2.05, 4.69) is 42.3 Å². The van der Waals surface area contributed by atoms with Crippen molar-refractivity contribution in [1.82, 2.24) is 9.88 Å². The number of aromatic amines is 1. The van der Waals surface area contributed by atoms with Crippen molar-refractivity contribution in [1.29, 1.82) is 0 Å². The van der Waals surface area contributed by atoms with Crippen molar-refractivity contribution in [2.75, 3.05) is 18.4 Å². The lowest BCUT2D eigenvalue weighted by molar-refractivity contribution is -0.131. The lowest BCUT2D eigenvalue weighted by atomic mass is 9.92. The van der Waals surface area contributed by atoms with Crippen LogP contribution in [0.25, 0.3) is 10.8 Å². The van der Waals surface area contributed by atoms with Gasteiger partial charge in [-0.3, -0.25) is 9.59 Å². The number of aryl methyl sites for hydroxylation is 1. The van der Waals surface area contributed by atoms with Crippen LogP contribution in [0.15, 0.2) is 53.5 Å². The smallest absolute Gasteiger partial charge is 0.255 e. The molecule has 0 saturated heterocycles. The van der Waals surface area contributed by atoms with Crippen LogP contribution in [0.2, 0.25) is 0 Å². The Balaban J connectivity index is 1.47. The number of amides is 1. The van der Waals surface area contributed by atoms with E-state index in [9.17, 15) is 9.59 Å². The molecule has 4 rings (SSSR count). The molecule has 27 heavy (non-hydrogen) atoms. The Morgan fingerprint density at radius 1 is 1.22 bits per heavy atom. The topological polar surface area (TPSA) is 65.2 Å². The van der Waals surface area contributed by atoms with Gasteiger partial charge in [-0.1, -0.05) is 23.8 Å². The molecule has 0 saturated carbocycles. The normalized spacial score (nSPS) is 16.2. The molecule has 5 heteroatoms. The summed E-state index contributed by atoms with van der Waals surface area (Å²) in [6, 6.07) is 13.9. The van der Waals surface area contributed by atoms with Crippen molar-refractivity contribution in [3.05, 3.63) is 75.7 Å². The third-order valence-corrected chi connectivity index (χ3v) is 5.38. The number of hydrogen-bond acceptors (Lipinski definition) is 3. The Kier molecular flexibility index (Phi) is 4.44. The first-order valence-electron chi connectivity index (χ1n) is 9.27. The van der Waals surface area contributed by atoms with Crippen molar-refractivity contribution in [3.63, 3.8) is 0 Å². The standard InChI is InChI=1S/C22H23N3O2/c1-14-3-5-19-15(2)25(10-8-17(19)11-14)21(26)13-24-18-4-6-20-16(12-18)7-9-23-22(20)27/h3-7,9,11-12,15,24H,8,10,13H2,1-2H3,(H,23,27). The van der Waals surface area contributed by atoms with Crippen LogP contribution in [0.3, 0.4) is 0 Å². The number of nitrogens with one attached hydrogen (secondary N) is 2. The number of benzene rings is 2. The summed E-state index contributed by atoms with van der Waals surface area (Å²) in [5, 5.41) is 4.70. The molecule has 1 amide bonds. The molecule has 1 atom stereocenters. The van der Waals surface area contributed by atoms with Crippen LogP contribution in [-0.4, -0.2) is 28.9 Å². The molecule has 1 aliphatic rings. The van der Waals surface area contributed by atoms with Gasteiger partial charge in [-0.25, -0.2) is 0 Å². The lowest BCUT2D eigenvalue weighted by Crippen LogP contribution is -2.41. The van der Waals surface area contributed by atoms with Gasteiger partial charge in [0.25, 0.3) is 5.56 Å². The van der Waals surface area contributed by atoms with Crippen LogP contribution in [-0.2, 0) is 11.2 Å². The minimum atomic E-state index is -0.105. The predicted octanol–water partition coefficient (Wildman–Crippen LogP) is 3.39. The fraction of sp³-hybridized carbons (Fsp3) is 0.273. The first-order chi connectivity index (χ1) is 13.0. The van der Waals surface area contributed by atoms with Gasteiger partial charge >= 0.3 is 0 Å². The van der Waals surface area contributed by atoms with Gasteiger partial charge in [0, 0.05) is 23.8 Å². The quantitative estimate of drug-likeness (QED) is 0.751. The highest BCUT2D eigenvalue weighted by Crippen LogP contribution is 2.30. The van der Waals surface area contributed by atoms with E-state index in [1.807, 2.05) is 23.1 Å². The molecule has 1 unspecified atom stereocenters. The molecule has 2 heterocycles. The SMILES string of the molecule is Cc1ccc2c(c1)CCN(C(=O)CNc1ccc3c(=O)[nH]ccc3c1)C2C. The van der Waals surface area contributed by atoms with Crippen molar-refractivity contribution in [3.8, 4) is 0 Å². The van der Waals surface area contributed by atoms with Crippen LogP contribution >= 0.6 is 0 Å². The van der Waals surface area contributed by atoms with E-state index in [4.69, 9.17) is 0 Å². The molecule has 1 aromatic heterocycles. The monoisotopic (exact) mass is 361 g/mol. The maximum atomic E-state index is 12.8. The Morgan fingerprint density at radius 3 is 2.93 bits per heavy atom. The van der Waals surface area contributed by atoms with E-state index in [-0.39, 0.29) is 24.1 Å². The van der Waals surface area contributed by atoms with Crippen LogP contribution in [0.1, 0.15) is 29.7 Å². The fourth-order valence-electron chi connectivity index (χ4n) is 3.88. The summed E-state index contributed by atoms with van der Waals surface area (Å²) in [5.41, 5.74) is 4.58. The Labute approximate surface area is 158 Å². The molecule has 0 radical (unpaired) electrons. The number of hydrogen-bond donors (Lipinski definition) is 2. The van der Waals surface area contributed by atoms with E-state index in [1.165, 1.54) is 16.7 Å². The Morgan fingerprint density at radius 2 is 2.07 bits per heavy atom. The maximum absolute atomic E-state index is 12.8. The number of anilines is 1. The molecule has 138 valence electrons. The highest BCUT2D eigenvalue weighted by atomic mass is 16.2. The first kappa shape index (κ1) is 17.3. The molecule has 5 nitrogen and oxygen atoms in total. The number of H-pyrrole nitrogens is 1. The molecule has 0 spiro atoms. The summed E-state index contributed by atoms with van der Waals surface area (Å²) in [6.45, 7) is 5.17. The molecule has 1 aliphatic heterocycles. The van der Waals surface area contributed by atoms with Gasteiger partial charge < -0.3 is 15.2 Å². The van der Waals surface area contributed by atoms with Crippen molar-refractivity contribution in [2.45, 2.75) is 26.3 Å². The van der Waals surface area contributed by atoms with Crippen molar-refractivity contribution < 1.29 is 4.79 Å². The second-order valence-corrected chi connectivity index (χ2v) is 7.18. The second kappa shape index (κ2) is 6.91. The molecular weight excluding hydrogens is 338 g/mol. The van der Waals surface area contributed by atoms with Crippen molar-refractivity contribution >= 4 is 22.4 Å². The number of carbonyl (C=O) groups excluding carboxylic acids is 1. The van der Waals surface area contributed by atoms with Gasteiger partial charge in [0.05, 0.1) is 12.6 Å². The zero-order chi connectivity index (χ0) is 19.0. The van der Waals surface area contributed by atoms with Gasteiger partial charge in [-0.05, 0) is 61.0 Å². The van der Waals surface area contributed by atoms with Crippen LogP contribution in [0.4, 0.5) is 5.69 Å². The molecule has 0 bridgehead atoms. The highest BCUT2D eigenvalue weighted by molar-refractivity contribution is 5.86. The summed E-state index contributed by atoms with van der Waals surface area (Å²) < 4.78 is 0. The van der Waals surface area contributed by atoms with Crippen LogP contribution in [0, 0.1) is 6.92 Å². The van der Waals surface area contributed by atoms with E-state index in [0.717, 1.165) is 24.0 Å². The number of pyridine rings is 1. The predicted molar refractivity (Wildman–Crippen MR) is 108 cm³/mol. The van der Waals surface area contributed by atoms with Gasteiger partial charge in [-0.15, -0.1) is 0 Å². The van der Waals surface area contributed by atoms with E-state index >= 15 is 0 Å². The van der Waals surface area contributed by atoms with Gasteiger partial charge in [-0.2, -0.15) is 0 Å². The van der Waals surface area contributed by atoms with E-state index in [1.54, 1.807) is 12.3 Å². The second-order valence-electron chi connectivity index (χ2n) is 7.18. The summed E-state index contributed by atoms with van der Waals surface area (Å²) in [4.78, 5) is 29.2. The van der Waals surface area contributed by atoms with E-state index in [0.29, 0.717) is 5.39 Å². The number of aromatic nitrogens is 1. The number of nitrogens with zero attached hydrogens (tertiary/aromatic N) is 1. The number of carbonyl (C=O) groups is 1. The van der Waals surface area contributed by atoms with Gasteiger partial charge in [0.1, 0.15) is 0 Å².